The Labute approximate surface area is 368 Å². The Balaban J connectivity index is 1.12. The van der Waals surface area contributed by atoms with Gasteiger partial charge in [-0.2, -0.15) is 0 Å². The van der Waals surface area contributed by atoms with Gasteiger partial charge in [0.1, 0.15) is 23.0 Å². The first-order valence-electron chi connectivity index (χ1n) is 20.1. The number of carbonyl (C=O) groups is 6. The number of benzene rings is 5. The van der Waals surface area contributed by atoms with E-state index in [4.69, 9.17) is 47.4 Å². The molecule has 0 aromatic heterocycles. The van der Waals surface area contributed by atoms with Gasteiger partial charge in [0.05, 0.1) is 63.2 Å². The van der Waals surface area contributed by atoms with Gasteiger partial charge in [0.25, 0.3) is 12.6 Å². The molecule has 0 radical (unpaired) electrons. The maximum absolute atomic E-state index is 13.0. The summed E-state index contributed by atoms with van der Waals surface area (Å²) in [6.07, 6.45) is -4.02. The van der Waals surface area contributed by atoms with Crippen LogP contribution >= 0.6 is 0 Å². The molecular weight excluding hydrogens is 833 g/mol. The van der Waals surface area contributed by atoms with E-state index in [1.807, 2.05) is 24.3 Å². The molecule has 64 heavy (non-hydrogen) atoms. The largest absolute Gasteiger partial charge is 0.493 e. The van der Waals surface area contributed by atoms with Crippen LogP contribution in [-0.2, 0) is 47.6 Å². The quantitative estimate of drug-likeness (QED) is 0.0323. The van der Waals surface area contributed by atoms with Gasteiger partial charge in [0, 0.05) is 0 Å². The standard InChI is InChI=1S/C48H46O16/c49-41(25-29-55-37-13-5-1-6-14-37)61-45(62-42(50)26-30-56-38-15-7-2-8-16-38)33-59-47(53)35-21-23-36(24-22-35)48(54)60-34-46(63-43(51)27-31-57-39-17-9-3-10-18-39)64-44(52)28-32-58-40-19-11-4-12-20-40/h1-24,45-46H,25-34H2. The van der Waals surface area contributed by atoms with Crippen molar-refractivity contribution < 1.29 is 76.1 Å². The van der Waals surface area contributed by atoms with Crippen LogP contribution in [0.15, 0.2) is 146 Å². The van der Waals surface area contributed by atoms with Gasteiger partial charge in [-0.25, -0.2) is 9.59 Å². The predicted octanol–water partition coefficient (Wildman–Crippen LogP) is 6.70. The molecule has 0 aliphatic carbocycles. The Hall–Kier alpha value is -7.88. The summed E-state index contributed by atoms with van der Waals surface area (Å²) in [5.41, 5.74) is -0.0340. The summed E-state index contributed by atoms with van der Waals surface area (Å²) in [6, 6.07) is 40.2. The topological polar surface area (TPSA) is 195 Å². The summed E-state index contributed by atoms with van der Waals surface area (Å²) in [4.78, 5) is 76.7. The Bertz CT molecular complexity index is 1920. The van der Waals surface area contributed by atoms with Crippen LogP contribution < -0.4 is 18.9 Å². The first kappa shape index (κ1) is 47.2. The highest BCUT2D eigenvalue weighted by atomic mass is 16.7. The van der Waals surface area contributed by atoms with Crippen molar-refractivity contribution in [3.8, 4) is 23.0 Å². The molecule has 5 aromatic rings. The van der Waals surface area contributed by atoms with Crippen LogP contribution in [0.3, 0.4) is 0 Å². The molecule has 0 saturated carbocycles. The van der Waals surface area contributed by atoms with Crippen LogP contribution in [-0.4, -0.2) is 88.0 Å². The van der Waals surface area contributed by atoms with Gasteiger partial charge in [-0.1, -0.05) is 72.8 Å². The molecule has 334 valence electrons. The second kappa shape index (κ2) is 26.5. The van der Waals surface area contributed by atoms with Crippen molar-refractivity contribution in [2.45, 2.75) is 38.3 Å². The third kappa shape index (κ3) is 18.0. The van der Waals surface area contributed by atoms with E-state index in [1.165, 1.54) is 24.3 Å². The second-order valence-corrected chi connectivity index (χ2v) is 13.2. The van der Waals surface area contributed by atoms with Crippen LogP contribution in [0.4, 0.5) is 0 Å². The van der Waals surface area contributed by atoms with E-state index in [2.05, 4.69) is 0 Å². The summed E-state index contributed by atoms with van der Waals surface area (Å²) in [5, 5.41) is 0. The Morgan fingerprint density at radius 3 is 0.797 bits per heavy atom. The highest BCUT2D eigenvalue weighted by Crippen LogP contribution is 2.15. The van der Waals surface area contributed by atoms with Gasteiger partial charge in [-0.3, -0.25) is 19.2 Å². The Morgan fingerprint density at radius 1 is 0.328 bits per heavy atom. The van der Waals surface area contributed by atoms with Crippen molar-refractivity contribution in [3.05, 3.63) is 157 Å². The lowest BCUT2D eigenvalue weighted by Gasteiger charge is -2.19. The van der Waals surface area contributed by atoms with Crippen LogP contribution in [0.1, 0.15) is 46.4 Å². The average Bonchev–Trinajstić information content (AvgIpc) is 3.31. The molecule has 0 bridgehead atoms. The lowest BCUT2D eigenvalue weighted by molar-refractivity contribution is -0.196. The number of ether oxygens (including phenoxy) is 10. The van der Waals surface area contributed by atoms with Gasteiger partial charge in [0.2, 0.25) is 0 Å². The van der Waals surface area contributed by atoms with E-state index in [9.17, 15) is 28.8 Å². The fourth-order valence-corrected chi connectivity index (χ4v) is 5.28. The summed E-state index contributed by atoms with van der Waals surface area (Å²) < 4.78 is 54.0. The van der Waals surface area contributed by atoms with Gasteiger partial charge < -0.3 is 47.4 Å². The summed E-state index contributed by atoms with van der Waals surface area (Å²) in [5.74, 6) is -2.77. The molecule has 5 rings (SSSR count). The molecule has 0 atom stereocenters. The molecule has 0 amide bonds. The first-order valence-corrected chi connectivity index (χ1v) is 20.1. The first-order chi connectivity index (χ1) is 31.2. The van der Waals surface area contributed by atoms with Crippen LogP contribution in [0.5, 0.6) is 23.0 Å². The van der Waals surface area contributed by atoms with Crippen molar-refractivity contribution in [3.63, 3.8) is 0 Å². The molecule has 0 aliphatic rings. The molecular formula is C48H46O16. The van der Waals surface area contributed by atoms with Crippen LogP contribution in [0.2, 0.25) is 0 Å². The van der Waals surface area contributed by atoms with Gasteiger partial charge in [0.15, 0.2) is 13.2 Å². The van der Waals surface area contributed by atoms with Crippen molar-refractivity contribution in [2.24, 2.45) is 0 Å². The van der Waals surface area contributed by atoms with Crippen molar-refractivity contribution in [1.82, 2.24) is 0 Å². The maximum Gasteiger partial charge on any atom is 0.338 e. The molecule has 0 heterocycles. The minimum absolute atomic E-state index is 0.0170. The number of carbonyl (C=O) groups excluding carboxylic acids is 6. The molecule has 0 aliphatic heterocycles. The van der Waals surface area contributed by atoms with Gasteiger partial charge in [-0.05, 0) is 72.8 Å². The summed E-state index contributed by atoms with van der Waals surface area (Å²) >= 11 is 0. The van der Waals surface area contributed by atoms with E-state index >= 15 is 0 Å². The molecule has 0 spiro atoms. The zero-order chi connectivity index (χ0) is 45.2. The molecule has 0 unspecified atom stereocenters. The smallest absolute Gasteiger partial charge is 0.338 e. The number of hydrogen-bond donors (Lipinski definition) is 0. The normalized spacial score (nSPS) is 10.5. The number of rotatable bonds is 26. The third-order valence-electron chi connectivity index (χ3n) is 8.38. The van der Waals surface area contributed by atoms with Crippen LogP contribution in [0.25, 0.3) is 0 Å². The van der Waals surface area contributed by atoms with Crippen molar-refractivity contribution in [1.29, 1.82) is 0 Å². The SMILES string of the molecule is O=C(CCOc1ccccc1)OC(COC(=O)c1ccc(C(=O)OCC(OC(=O)CCOc2ccccc2)OC(=O)CCOc2ccccc2)cc1)OC(=O)CCOc1ccccc1. The number of hydrogen-bond acceptors (Lipinski definition) is 16. The molecule has 0 saturated heterocycles. The maximum atomic E-state index is 13.0. The van der Waals surface area contributed by atoms with E-state index in [0.29, 0.717) is 23.0 Å². The second-order valence-electron chi connectivity index (χ2n) is 13.2. The lowest BCUT2D eigenvalue weighted by atomic mass is 10.1. The number of para-hydroxylation sites is 4. The third-order valence-corrected chi connectivity index (χ3v) is 8.38. The fourth-order valence-electron chi connectivity index (χ4n) is 5.28. The minimum atomic E-state index is -1.60. The Morgan fingerprint density at radius 2 is 0.562 bits per heavy atom. The van der Waals surface area contributed by atoms with Gasteiger partial charge >= 0.3 is 35.8 Å². The monoisotopic (exact) mass is 878 g/mol. The van der Waals surface area contributed by atoms with Crippen molar-refractivity contribution in [2.75, 3.05) is 39.6 Å². The highest BCUT2D eigenvalue weighted by molar-refractivity contribution is 5.93. The minimum Gasteiger partial charge on any atom is -0.493 e. The highest BCUT2D eigenvalue weighted by Gasteiger charge is 2.24. The zero-order valence-corrected chi connectivity index (χ0v) is 34.6. The molecule has 0 fully saturated rings. The lowest BCUT2D eigenvalue weighted by Crippen LogP contribution is -2.31. The molecule has 5 aromatic carbocycles. The van der Waals surface area contributed by atoms with E-state index in [-0.39, 0.29) is 63.2 Å². The van der Waals surface area contributed by atoms with Crippen molar-refractivity contribution >= 4 is 35.8 Å². The summed E-state index contributed by atoms with van der Waals surface area (Å²) in [7, 11) is 0. The van der Waals surface area contributed by atoms with Gasteiger partial charge in [-0.15, -0.1) is 0 Å². The molecule has 16 nitrogen and oxygen atoms in total. The van der Waals surface area contributed by atoms with E-state index < -0.39 is 61.6 Å². The summed E-state index contributed by atoms with van der Waals surface area (Å²) in [6.45, 7) is -1.45. The number of esters is 6. The van der Waals surface area contributed by atoms with E-state index in [0.717, 1.165) is 0 Å². The fraction of sp³-hybridized carbons (Fsp3) is 0.250. The molecule has 0 N–H and O–H groups in total. The average molecular weight is 879 g/mol. The predicted molar refractivity (Wildman–Crippen MR) is 225 cm³/mol. The molecule has 16 heteroatoms. The van der Waals surface area contributed by atoms with E-state index in [1.54, 1.807) is 97.1 Å². The van der Waals surface area contributed by atoms with Crippen LogP contribution in [0, 0.1) is 0 Å². The Kier molecular flexibility index (Phi) is 19.5. The zero-order valence-electron chi connectivity index (χ0n) is 34.6.